The molecule has 0 saturated carbocycles. The number of hydrogen-bond donors (Lipinski definition) is 1. The van der Waals surface area contributed by atoms with Gasteiger partial charge in [0.2, 0.25) is 0 Å². The Labute approximate surface area is 115 Å². The fourth-order valence-electron chi connectivity index (χ4n) is 2.47. The zero-order chi connectivity index (χ0) is 13.2. The van der Waals surface area contributed by atoms with Gasteiger partial charge < -0.3 is 5.32 Å². The minimum absolute atomic E-state index is 0.240. The molecule has 102 valence electrons. The van der Waals surface area contributed by atoms with Crippen LogP contribution < -0.4 is 5.32 Å². The number of nitrogens with one attached hydrogen (secondary N) is 1. The lowest BCUT2D eigenvalue weighted by atomic mass is 10.0. The second kappa shape index (κ2) is 5.68. The second-order valence-corrected chi connectivity index (χ2v) is 7.54. The molecular weight excluding hydrogens is 242 g/mol. The van der Waals surface area contributed by atoms with Crippen molar-refractivity contribution in [1.82, 2.24) is 15.2 Å². The molecule has 0 bridgehead atoms. The summed E-state index contributed by atoms with van der Waals surface area (Å²) in [6.07, 6.45) is 3.18. The molecule has 0 spiro atoms. The minimum Gasteiger partial charge on any atom is -0.309 e. The highest BCUT2D eigenvalue weighted by atomic mass is 32.1. The molecule has 1 saturated heterocycles. The van der Waals surface area contributed by atoms with Crippen LogP contribution in [0.3, 0.4) is 0 Å². The topological polar surface area (TPSA) is 28.2 Å². The number of thiazole rings is 1. The standard InChI is InChI=1S/C14H25N3S/c1-11(2)7-13-15-8-12(18-13)9-17-6-5-16-14(3,4)10-17/h8,11,16H,5-7,9-10H2,1-4H3. The van der Waals surface area contributed by atoms with Crippen LogP contribution in [0.2, 0.25) is 0 Å². The minimum atomic E-state index is 0.240. The van der Waals surface area contributed by atoms with Gasteiger partial charge >= 0.3 is 0 Å². The Balaban J connectivity index is 1.91. The van der Waals surface area contributed by atoms with E-state index in [-0.39, 0.29) is 5.54 Å². The summed E-state index contributed by atoms with van der Waals surface area (Å²) in [7, 11) is 0. The third-order valence-electron chi connectivity index (χ3n) is 3.21. The summed E-state index contributed by atoms with van der Waals surface area (Å²) >= 11 is 1.88. The molecular formula is C14H25N3S. The van der Waals surface area contributed by atoms with Crippen molar-refractivity contribution in [1.29, 1.82) is 0 Å². The maximum atomic E-state index is 4.53. The number of nitrogens with zero attached hydrogens (tertiary/aromatic N) is 2. The summed E-state index contributed by atoms with van der Waals surface area (Å²) < 4.78 is 0. The average molecular weight is 267 g/mol. The van der Waals surface area contributed by atoms with E-state index in [1.54, 1.807) is 0 Å². The van der Waals surface area contributed by atoms with Crippen molar-refractivity contribution >= 4 is 11.3 Å². The molecule has 0 aliphatic carbocycles. The van der Waals surface area contributed by atoms with E-state index in [9.17, 15) is 0 Å². The SMILES string of the molecule is CC(C)Cc1ncc(CN2CCNC(C)(C)C2)s1. The maximum Gasteiger partial charge on any atom is 0.0930 e. The zero-order valence-electron chi connectivity index (χ0n) is 12.0. The van der Waals surface area contributed by atoms with Crippen LogP contribution in [0.5, 0.6) is 0 Å². The Bertz CT molecular complexity index is 384. The van der Waals surface area contributed by atoms with E-state index in [0.717, 1.165) is 32.6 Å². The molecule has 1 aliphatic rings. The average Bonchev–Trinajstić information content (AvgIpc) is 2.62. The first kappa shape index (κ1) is 14.0. The van der Waals surface area contributed by atoms with Gasteiger partial charge in [0.15, 0.2) is 0 Å². The van der Waals surface area contributed by atoms with E-state index in [0.29, 0.717) is 5.92 Å². The molecule has 1 N–H and O–H groups in total. The van der Waals surface area contributed by atoms with Gasteiger partial charge in [0.25, 0.3) is 0 Å². The molecule has 0 unspecified atom stereocenters. The summed E-state index contributed by atoms with van der Waals surface area (Å²) in [5.41, 5.74) is 0.240. The van der Waals surface area contributed by atoms with Gasteiger partial charge in [-0.1, -0.05) is 13.8 Å². The van der Waals surface area contributed by atoms with Crippen molar-refractivity contribution in [2.45, 2.75) is 46.2 Å². The Hall–Kier alpha value is -0.450. The highest BCUT2D eigenvalue weighted by molar-refractivity contribution is 7.11. The largest absolute Gasteiger partial charge is 0.309 e. The van der Waals surface area contributed by atoms with Crippen LogP contribution in [0, 0.1) is 5.92 Å². The van der Waals surface area contributed by atoms with Gasteiger partial charge in [-0.15, -0.1) is 11.3 Å². The molecule has 0 amide bonds. The maximum absolute atomic E-state index is 4.53. The summed E-state index contributed by atoms with van der Waals surface area (Å²) in [5.74, 6) is 0.696. The van der Waals surface area contributed by atoms with Gasteiger partial charge in [-0.05, 0) is 19.8 Å². The van der Waals surface area contributed by atoms with Gasteiger partial charge in [0.05, 0.1) is 5.01 Å². The lowest BCUT2D eigenvalue weighted by Crippen LogP contribution is -2.56. The van der Waals surface area contributed by atoms with Gasteiger partial charge in [0, 0.05) is 49.2 Å². The van der Waals surface area contributed by atoms with Crippen LogP contribution in [0.4, 0.5) is 0 Å². The Kier molecular flexibility index (Phi) is 4.41. The van der Waals surface area contributed by atoms with Crippen LogP contribution in [-0.4, -0.2) is 35.1 Å². The van der Waals surface area contributed by atoms with E-state index in [2.05, 4.69) is 49.1 Å². The lowest BCUT2D eigenvalue weighted by Gasteiger charge is -2.38. The van der Waals surface area contributed by atoms with E-state index in [4.69, 9.17) is 0 Å². The predicted molar refractivity (Wildman–Crippen MR) is 78.0 cm³/mol. The van der Waals surface area contributed by atoms with E-state index < -0.39 is 0 Å². The molecule has 4 heteroatoms. The molecule has 2 rings (SSSR count). The highest BCUT2D eigenvalue weighted by Gasteiger charge is 2.25. The Morgan fingerprint density at radius 3 is 2.94 bits per heavy atom. The monoisotopic (exact) mass is 267 g/mol. The molecule has 0 radical (unpaired) electrons. The first-order chi connectivity index (χ1) is 8.44. The second-order valence-electron chi connectivity index (χ2n) is 6.34. The van der Waals surface area contributed by atoms with Gasteiger partial charge in [0.1, 0.15) is 0 Å². The number of rotatable bonds is 4. The van der Waals surface area contributed by atoms with Crippen molar-refractivity contribution < 1.29 is 0 Å². The van der Waals surface area contributed by atoms with E-state index in [1.165, 1.54) is 9.88 Å². The molecule has 1 aliphatic heterocycles. The Morgan fingerprint density at radius 1 is 1.50 bits per heavy atom. The number of aromatic nitrogens is 1. The molecule has 0 atom stereocenters. The normalized spacial score (nSPS) is 20.5. The fraction of sp³-hybridized carbons (Fsp3) is 0.786. The smallest absolute Gasteiger partial charge is 0.0930 e. The van der Waals surface area contributed by atoms with Crippen LogP contribution in [0.15, 0.2) is 6.20 Å². The molecule has 1 aromatic heterocycles. The molecule has 0 aromatic carbocycles. The molecule has 2 heterocycles. The molecule has 1 aromatic rings. The van der Waals surface area contributed by atoms with Crippen molar-refractivity contribution in [3.63, 3.8) is 0 Å². The molecule has 18 heavy (non-hydrogen) atoms. The predicted octanol–water partition coefficient (Wildman–Crippen LogP) is 2.53. The third-order valence-corrected chi connectivity index (χ3v) is 4.22. The summed E-state index contributed by atoms with van der Waals surface area (Å²) in [6.45, 7) is 13.4. The lowest BCUT2D eigenvalue weighted by molar-refractivity contribution is 0.149. The van der Waals surface area contributed by atoms with Gasteiger partial charge in [-0.2, -0.15) is 0 Å². The van der Waals surface area contributed by atoms with Crippen LogP contribution in [0.1, 0.15) is 37.6 Å². The van der Waals surface area contributed by atoms with E-state index >= 15 is 0 Å². The van der Waals surface area contributed by atoms with Crippen molar-refractivity contribution in [3.8, 4) is 0 Å². The Morgan fingerprint density at radius 2 is 2.28 bits per heavy atom. The van der Waals surface area contributed by atoms with Crippen LogP contribution >= 0.6 is 11.3 Å². The number of hydrogen-bond acceptors (Lipinski definition) is 4. The third kappa shape index (κ3) is 4.04. The fourth-order valence-corrected chi connectivity index (χ4v) is 3.64. The van der Waals surface area contributed by atoms with Crippen molar-refractivity contribution in [2.24, 2.45) is 5.92 Å². The van der Waals surface area contributed by atoms with Gasteiger partial charge in [-0.25, -0.2) is 4.98 Å². The van der Waals surface area contributed by atoms with Crippen LogP contribution in [0.25, 0.3) is 0 Å². The number of piperazine rings is 1. The highest BCUT2D eigenvalue weighted by Crippen LogP contribution is 2.20. The zero-order valence-corrected chi connectivity index (χ0v) is 12.8. The van der Waals surface area contributed by atoms with Crippen LogP contribution in [-0.2, 0) is 13.0 Å². The first-order valence-corrected chi connectivity index (χ1v) is 7.67. The first-order valence-electron chi connectivity index (χ1n) is 6.85. The van der Waals surface area contributed by atoms with E-state index in [1.807, 2.05) is 11.3 Å². The van der Waals surface area contributed by atoms with Crippen molar-refractivity contribution in [3.05, 3.63) is 16.1 Å². The quantitative estimate of drug-likeness (QED) is 0.908. The summed E-state index contributed by atoms with van der Waals surface area (Å²) in [6, 6.07) is 0. The molecule has 1 fully saturated rings. The molecule has 3 nitrogen and oxygen atoms in total. The van der Waals surface area contributed by atoms with Gasteiger partial charge in [-0.3, -0.25) is 4.90 Å². The summed E-state index contributed by atoms with van der Waals surface area (Å²) in [5, 5.41) is 4.84. The van der Waals surface area contributed by atoms with Crippen molar-refractivity contribution in [2.75, 3.05) is 19.6 Å². The summed E-state index contributed by atoms with van der Waals surface area (Å²) in [4.78, 5) is 8.47.